The maximum Gasteiger partial charge on any atom is 0.322 e. The number of aliphatic hydroxyl groups excluding tert-OH is 1. The molecule has 0 unspecified atom stereocenters. The highest BCUT2D eigenvalue weighted by Crippen LogP contribution is 2.04. The Balaban J connectivity index is 2.57. The van der Waals surface area contributed by atoms with Crippen LogP contribution in [0.3, 0.4) is 0 Å². The Morgan fingerprint density at radius 1 is 1.70 bits per heavy atom. The summed E-state index contributed by atoms with van der Waals surface area (Å²) in [7, 11) is 0. The van der Waals surface area contributed by atoms with E-state index in [0.717, 1.165) is 0 Å². The Morgan fingerprint density at radius 2 is 2.30 bits per heavy atom. The molecule has 1 aliphatic rings. The van der Waals surface area contributed by atoms with Gasteiger partial charge in [0.15, 0.2) is 0 Å². The molecular formula is C5H10N2O3. The molecule has 1 saturated heterocycles. The minimum atomic E-state index is -1.01. The molecule has 3 atom stereocenters. The van der Waals surface area contributed by atoms with E-state index in [4.69, 9.17) is 15.9 Å². The normalized spacial score (nSPS) is 40.0. The lowest BCUT2D eigenvalue weighted by atomic mass is 10.1. The summed E-state index contributed by atoms with van der Waals surface area (Å²) >= 11 is 0. The first-order valence-electron chi connectivity index (χ1n) is 3.03. The molecule has 58 valence electrons. The third-order valence-corrected chi connectivity index (χ3v) is 1.64. The molecule has 0 bridgehead atoms. The van der Waals surface area contributed by atoms with Crippen molar-refractivity contribution in [1.29, 1.82) is 0 Å². The molecule has 5 nitrogen and oxygen atoms in total. The minimum Gasteiger partial charge on any atom is -0.480 e. The number of hydrogen-bond donors (Lipinski definition) is 4. The largest absolute Gasteiger partial charge is 0.480 e. The smallest absolute Gasteiger partial charge is 0.322 e. The van der Waals surface area contributed by atoms with E-state index >= 15 is 0 Å². The lowest BCUT2D eigenvalue weighted by Crippen LogP contribution is -2.45. The zero-order valence-electron chi connectivity index (χ0n) is 5.32. The number of aliphatic hydroxyl groups is 1. The van der Waals surface area contributed by atoms with Crippen molar-refractivity contribution in [3.8, 4) is 0 Å². The number of rotatable bonds is 1. The summed E-state index contributed by atoms with van der Waals surface area (Å²) in [5, 5.41) is 20.0. The second kappa shape index (κ2) is 2.53. The molecule has 0 aliphatic carbocycles. The second-order valence-corrected chi connectivity index (χ2v) is 2.37. The van der Waals surface area contributed by atoms with Gasteiger partial charge in [-0.1, -0.05) is 0 Å². The molecule has 0 amide bonds. The molecule has 0 saturated carbocycles. The number of β-amino-alcohol motifs (C(OH)–C–C–N with tert-alkyl or cyclic N) is 1. The number of aliphatic carboxylic acids is 1. The molecule has 0 aromatic heterocycles. The molecule has 0 aromatic carbocycles. The highest BCUT2D eigenvalue weighted by molar-refractivity contribution is 5.75. The maximum absolute atomic E-state index is 10.3. The van der Waals surface area contributed by atoms with Crippen molar-refractivity contribution in [2.75, 3.05) is 6.54 Å². The number of carboxylic acid groups (broad SMARTS) is 1. The third-order valence-electron chi connectivity index (χ3n) is 1.64. The van der Waals surface area contributed by atoms with Gasteiger partial charge in [0.05, 0.1) is 12.1 Å². The molecule has 0 radical (unpaired) electrons. The van der Waals surface area contributed by atoms with Gasteiger partial charge in [0.25, 0.3) is 0 Å². The monoisotopic (exact) mass is 146 g/mol. The van der Waals surface area contributed by atoms with E-state index in [1.54, 1.807) is 0 Å². The standard InChI is InChI=1S/C5H10N2O3/c6-3-2(8)1-7-4(3)5(9)10/h2-4,7-8H,1,6H2,(H,9,10)/t2-,3+,4+/m1/s1. The molecule has 5 heteroatoms. The Kier molecular flexibility index (Phi) is 1.89. The lowest BCUT2D eigenvalue weighted by molar-refractivity contribution is -0.139. The van der Waals surface area contributed by atoms with Gasteiger partial charge in [0, 0.05) is 6.54 Å². The average molecular weight is 146 g/mol. The van der Waals surface area contributed by atoms with Crippen molar-refractivity contribution in [2.24, 2.45) is 5.73 Å². The summed E-state index contributed by atoms with van der Waals surface area (Å²) in [6, 6.07) is -1.48. The Morgan fingerprint density at radius 3 is 2.50 bits per heavy atom. The molecule has 1 aliphatic heterocycles. The fourth-order valence-electron chi connectivity index (χ4n) is 0.994. The van der Waals surface area contributed by atoms with Crippen LogP contribution in [0.2, 0.25) is 0 Å². The van der Waals surface area contributed by atoms with Gasteiger partial charge in [-0.3, -0.25) is 4.79 Å². The number of carboxylic acids is 1. The van der Waals surface area contributed by atoms with Crippen LogP contribution in [0, 0.1) is 0 Å². The van der Waals surface area contributed by atoms with Crippen LogP contribution in [-0.2, 0) is 4.79 Å². The van der Waals surface area contributed by atoms with Gasteiger partial charge >= 0.3 is 5.97 Å². The number of carbonyl (C=O) groups is 1. The van der Waals surface area contributed by atoms with Gasteiger partial charge in [-0.2, -0.15) is 0 Å². The Hall–Kier alpha value is -0.650. The zero-order chi connectivity index (χ0) is 7.72. The van der Waals surface area contributed by atoms with Crippen molar-refractivity contribution in [1.82, 2.24) is 5.32 Å². The van der Waals surface area contributed by atoms with Crippen LogP contribution >= 0.6 is 0 Å². The van der Waals surface area contributed by atoms with Gasteiger partial charge in [0.2, 0.25) is 0 Å². The SMILES string of the molecule is N[C@H]1[C@H](O)CN[C@@H]1C(=O)O. The van der Waals surface area contributed by atoms with Gasteiger partial charge in [-0.25, -0.2) is 0 Å². The zero-order valence-corrected chi connectivity index (χ0v) is 5.32. The van der Waals surface area contributed by atoms with Crippen molar-refractivity contribution < 1.29 is 15.0 Å². The molecule has 10 heavy (non-hydrogen) atoms. The number of nitrogens with one attached hydrogen (secondary N) is 1. The van der Waals surface area contributed by atoms with Crippen LogP contribution in [0.1, 0.15) is 0 Å². The van der Waals surface area contributed by atoms with Gasteiger partial charge in [0.1, 0.15) is 6.04 Å². The highest BCUT2D eigenvalue weighted by Gasteiger charge is 2.36. The summed E-state index contributed by atoms with van der Waals surface area (Å²) in [5.41, 5.74) is 5.33. The van der Waals surface area contributed by atoms with E-state index in [-0.39, 0.29) is 6.54 Å². The van der Waals surface area contributed by atoms with Crippen LogP contribution in [0.5, 0.6) is 0 Å². The van der Waals surface area contributed by atoms with Crippen LogP contribution in [-0.4, -0.2) is 40.9 Å². The molecule has 0 aromatic rings. The van der Waals surface area contributed by atoms with E-state index in [0.29, 0.717) is 0 Å². The topological polar surface area (TPSA) is 95.6 Å². The summed E-state index contributed by atoms with van der Waals surface area (Å²) < 4.78 is 0. The Bertz CT molecular complexity index is 150. The first-order chi connectivity index (χ1) is 4.63. The van der Waals surface area contributed by atoms with Gasteiger partial charge in [-0.05, 0) is 0 Å². The summed E-state index contributed by atoms with van der Waals surface area (Å²) in [6.45, 7) is 0.262. The first kappa shape index (κ1) is 7.46. The van der Waals surface area contributed by atoms with Crippen molar-refractivity contribution in [2.45, 2.75) is 18.2 Å². The third kappa shape index (κ3) is 1.11. The van der Waals surface area contributed by atoms with Crippen molar-refractivity contribution >= 4 is 5.97 Å². The molecular weight excluding hydrogens is 136 g/mol. The first-order valence-corrected chi connectivity index (χ1v) is 3.03. The Labute approximate surface area is 57.8 Å². The van der Waals surface area contributed by atoms with Gasteiger partial charge in [-0.15, -0.1) is 0 Å². The molecule has 5 N–H and O–H groups in total. The van der Waals surface area contributed by atoms with Gasteiger partial charge < -0.3 is 21.3 Å². The summed E-state index contributed by atoms with van der Waals surface area (Å²) in [6.07, 6.45) is -0.735. The van der Waals surface area contributed by atoms with Crippen molar-refractivity contribution in [3.05, 3.63) is 0 Å². The molecule has 1 rings (SSSR count). The predicted molar refractivity (Wildman–Crippen MR) is 33.4 cm³/mol. The van der Waals surface area contributed by atoms with Crippen LogP contribution in [0.25, 0.3) is 0 Å². The highest BCUT2D eigenvalue weighted by atomic mass is 16.4. The van der Waals surface area contributed by atoms with E-state index in [1.807, 2.05) is 0 Å². The summed E-state index contributed by atoms with van der Waals surface area (Å²) in [5.74, 6) is -1.01. The molecule has 0 spiro atoms. The van der Waals surface area contributed by atoms with E-state index in [2.05, 4.69) is 5.32 Å². The minimum absolute atomic E-state index is 0.262. The van der Waals surface area contributed by atoms with Crippen LogP contribution < -0.4 is 11.1 Å². The van der Waals surface area contributed by atoms with Crippen LogP contribution in [0.4, 0.5) is 0 Å². The van der Waals surface area contributed by atoms with E-state index in [1.165, 1.54) is 0 Å². The average Bonchev–Trinajstić information content (AvgIpc) is 2.14. The lowest BCUT2D eigenvalue weighted by Gasteiger charge is -2.11. The fourth-order valence-corrected chi connectivity index (χ4v) is 0.994. The quantitative estimate of drug-likeness (QED) is 0.334. The van der Waals surface area contributed by atoms with Crippen molar-refractivity contribution in [3.63, 3.8) is 0 Å². The predicted octanol–water partition coefficient (Wildman–Crippen LogP) is -2.27. The van der Waals surface area contributed by atoms with E-state index in [9.17, 15) is 4.79 Å². The van der Waals surface area contributed by atoms with Crippen LogP contribution in [0.15, 0.2) is 0 Å². The van der Waals surface area contributed by atoms with E-state index < -0.39 is 24.2 Å². The molecule has 1 heterocycles. The maximum atomic E-state index is 10.3. The number of nitrogens with two attached hydrogens (primary N) is 1. The molecule has 1 fully saturated rings. The second-order valence-electron chi connectivity index (χ2n) is 2.37. The number of hydrogen-bond acceptors (Lipinski definition) is 4. The fraction of sp³-hybridized carbons (Fsp3) is 0.800. The summed E-state index contributed by atoms with van der Waals surface area (Å²) in [4.78, 5) is 10.3.